The summed E-state index contributed by atoms with van der Waals surface area (Å²) in [5.41, 5.74) is 0.250. The molecule has 0 saturated carbocycles. The third kappa shape index (κ3) is 1.46. The summed E-state index contributed by atoms with van der Waals surface area (Å²) >= 11 is 0. The van der Waals surface area contributed by atoms with E-state index in [-0.39, 0.29) is 28.2 Å². The van der Waals surface area contributed by atoms with E-state index in [1.165, 1.54) is 0 Å². The van der Waals surface area contributed by atoms with Crippen LogP contribution in [-0.2, 0) is 6.42 Å². The highest BCUT2D eigenvalue weighted by Gasteiger charge is 2.14. The van der Waals surface area contributed by atoms with E-state index in [0.717, 1.165) is 6.07 Å². The second kappa shape index (κ2) is 3.91. The summed E-state index contributed by atoms with van der Waals surface area (Å²) in [4.78, 5) is 21.0. The molecule has 2 N–H and O–H groups in total. The lowest BCUT2D eigenvalue weighted by atomic mass is 10.0. The minimum atomic E-state index is -0.259. The van der Waals surface area contributed by atoms with Crippen molar-refractivity contribution in [2.24, 2.45) is 0 Å². The molecular weight excluding hydrogens is 184 g/mol. The zero-order chi connectivity index (χ0) is 10.7. The number of carbonyl (C=O) groups excluding carboxylic acids is 2. The SMILES string of the molecule is CCc1c(O)c(C=O)cc(C=O)c1O. The zero-order valence-electron chi connectivity index (χ0n) is 7.65. The van der Waals surface area contributed by atoms with Crippen molar-refractivity contribution in [3.05, 3.63) is 22.8 Å². The van der Waals surface area contributed by atoms with E-state index in [4.69, 9.17) is 0 Å². The van der Waals surface area contributed by atoms with Gasteiger partial charge in [0.1, 0.15) is 11.5 Å². The van der Waals surface area contributed by atoms with Gasteiger partial charge < -0.3 is 10.2 Å². The molecule has 0 aromatic heterocycles. The summed E-state index contributed by atoms with van der Waals surface area (Å²) in [5, 5.41) is 19.0. The van der Waals surface area contributed by atoms with Crippen molar-refractivity contribution in [2.75, 3.05) is 0 Å². The van der Waals surface area contributed by atoms with Crippen molar-refractivity contribution in [3.8, 4) is 11.5 Å². The summed E-state index contributed by atoms with van der Waals surface area (Å²) in [7, 11) is 0. The fourth-order valence-corrected chi connectivity index (χ4v) is 1.28. The Hall–Kier alpha value is -1.84. The van der Waals surface area contributed by atoms with Crippen molar-refractivity contribution >= 4 is 12.6 Å². The largest absolute Gasteiger partial charge is 0.507 e. The molecule has 14 heavy (non-hydrogen) atoms. The van der Waals surface area contributed by atoms with E-state index >= 15 is 0 Å². The Morgan fingerprint density at radius 2 is 1.57 bits per heavy atom. The maximum absolute atomic E-state index is 10.5. The lowest BCUT2D eigenvalue weighted by Crippen LogP contribution is -1.94. The van der Waals surface area contributed by atoms with Gasteiger partial charge in [0.25, 0.3) is 0 Å². The molecule has 0 unspecified atom stereocenters. The molecular formula is C10H10O4. The molecule has 0 atom stereocenters. The van der Waals surface area contributed by atoms with Gasteiger partial charge in [-0.15, -0.1) is 0 Å². The molecule has 0 aliphatic carbocycles. The summed E-state index contributed by atoms with van der Waals surface area (Å²) < 4.78 is 0. The first-order valence-electron chi connectivity index (χ1n) is 4.13. The lowest BCUT2D eigenvalue weighted by Gasteiger charge is -2.08. The number of carbonyl (C=O) groups is 2. The number of phenolic OH excluding ortho intramolecular Hbond substituents is 2. The van der Waals surface area contributed by atoms with Crippen LogP contribution in [0.2, 0.25) is 0 Å². The Morgan fingerprint density at radius 3 is 1.86 bits per heavy atom. The molecule has 0 aliphatic heterocycles. The molecule has 74 valence electrons. The van der Waals surface area contributed by atoms with Crippen LogP contribution in [-0.4, -0.2) is 22.8 Å². The van der Waals surface area contributed by atoms with Gasteiger partial charge >= 0.3 is 0 Å². The maximum Gasteiger partial charge on any atom is 0.153 e. The molecule has 0 amide bonds. The van der Waals surface area contributed by atoms with E-state index in [2.05, 4.69) is 0 Å². The first kappa shape index (κ1) is 10.2. The van der Waals surface area contributed by atoms with Crippen molar-refractivity contribution in [1.29, 1.82) is 0 Å². The third-order valence-electron chi connectivity index (χ3n) is 2.04. The molecule has 0 spiro atoms. The number of phenols is 2. The van der Waals surface area contributed by atoms with Gasteiger partial charge in [0, 0.05) is 5.56 Å². The minimum Gasteiger partial charge on any atom is -0.507 e. The average molecular weight is 194 g/mol. The lowest BCUT2D eigenvalue weighted by molar-refractivity contribution is 0.111. The van der Waals surface area contributed by atoms with Crippen LogP contribution in [0.5, 0.6) is 11.5 Å². The van der Waals surface area contributed by atoms with Crippen LogP contribution < -0.4 is 0 Å². The number of hydrogen-bond acceptors (Lipinski definition) is 4. The topological polar surface area (TPSA) is 74.6 Å². The van der Waals surface area contributed by atoms with E-state index in [0.29, 0.717) is 19.0 Å². The molecule has 4 heteroatoms. The van der Waals surface area contributed by atoms with Gasteiger partial charge in [0.15, 0.2) is 12.6 Å². The highest BCUT2D eigenvalue weighted by Crippen LogP contribution is 2.32. The maximum atomic E-state index is 10.5. The molecule has 0 saturated heterocycles. The number of benzene rings is 1. The third-order valence-corrected chi connectivity index (χ3v) is 2.04. The highest BCUT2D eigenvalue weighted by atomic mass is 16.3. The van der Waals surface area contributed by atoms with Crippen LogP contribution in [0.25, 0.3) is 0 Å². The number of rotatable bonds is 3. The fourth-order valence-electron chi connectivity index (χ4n) is 1.28. The second-order valence-corrected chi connectivity index (χ2v) is 2.82. The molecule has 0 aliphatic rings. The van der Waals surface area contributed by atoms with Gasteiger partial charge in [-0.25, -0.2) is 0 Å². The van der Waals surface area contributed by atoms with Crippen molar-refractivity contribution in [3.63, 3.8) is 0 Å². The van der Waals surface area contributed by atoms with Gasteiger partial charge in [0.2, 0.25) is 0 Å². The van der Waals surface area contributed by atoms with Crippen LogP contribution in [0.15, 0.2) is 6.07 Å². The molecule has 1 aromatic rings. The first-order chi connectivity index (χ1) is 6.65. The normalized spacial score (nSPS) is 9.79. The van der Waals surface area contributed by atoms with Crippen LogP contribution in [0.3, 0.4) is 0 Å². The summed E-state index contributed by atoms with van der Waals surface area (Å²) in [6.45, 7) is 1.71. The smallest absolute Gasteiger partial charge is 0.153 e. The van der Waals surface area contributed by atoms with Gasteiger partial charge in [-0.3, -0.25) is 9.59 Å². The summed E-state index contributed by atoms with van der Waals surface area (Å²) in [6, 6.07) is 1.16. The molecule has 1 rings (SSSR count). The van der Waals surface area contributed by atoms with E-state index in [1.54, 1.807) is 6.92 Å². The molecule has 0 radical (unpaired) electrons. The monoisotopic (exact) mass is 194 g/mol. The van der Waals surface area contributed by atoms with Gasteiger partial charge in [-0.05, 0) is 12.5 Å². The Kier molecular flexibility index (Phi) is 2.86. The Bertz CT molecular complexity index is 350. The van der Waals surface area contributed by atoms with E-state index in [1.807, 2.05) is 0 Å². The highest BCUT2D eigenvalue weighted by molar-refractivity contribution is 5.89. The Morgan fingerprint density at radius 1 is 1.14 bits per heavy atom. The van der Waals surface area contributed by atoms with Gasteiger partial charge in [-0.1, -0.05) is 6.92 Å². The molecule has 1 aromatic carbocycles. The molecule has 4 nitrogen and oxygen atoms in total. The predicted molar refractivity (Wildman–Crippen MR) is 49.9 cm³/mol. The van der Waals surface area contributed by atoms with Crippen molar-refractivity contribution in [1.82, 2.24) is 0 Å². The van der Waals surface area contributed by atoms with Crippen LogP contribution in [0, 0.1) is 0 Å². The Balaban J connectivity index is 3.54. The number of aromatic hydroxyl groups is 2. The number of aldehydes is 2. The van der Waals surface area contributed by atoms with E-state index < -0.39 is 0 Å². The zero-order valence-corrected chi connectivity index (χ0v) is 7.65. The van der Waals surface area contributed by atoms with Crippen molar-refractivity contribution in [2.45, 2.75) is 13.3 Å². The minimum absolute atomic E-state index is 0.0155. The predicted octanol–water partition coefficient (Wildman–Crippen LogP) is 1.29. The molecule has 0 bridgehead atoms. The molecule has 0 heterocycles. The van der Waals surface area contributed by atoms with Crippen LogP contribution in [0.1, 0.15) is 33.2 Å². The average Bonchev–Trinajstić information content (AvgIpc) is 2.19. The van der Waals surface area contributed by atoms with Gasteiger partial charge in [0.05, 0.1) is 11.1 Å². The Labute approximate surface area is 80.8 Å². The second-order valence-electron chi connectivity index (χ2n) is 2.82. The quantitative estimate of drug-likeness (QED) is 0.711. The summed E-state index contributed by atoms with van der Waals surface area (Å²) in [5.74, 6) is -0.517. The van der Waals surface area contributed by atoms with E-state index in [9.17, 15) is 19.8 Å². The molecule has 0 fully saturated rings. The van der Waals surface area contributed by atoms with Crippen LogP contribution in [0.4, 0.5) is 0 Å². The summed E-state index contributed by atoms with van der Waals surface area (Å²) in [6.07, 6.45) is 1.24. The van der Waals surface area contributed by atoms with Crippen LogP contribution >= 0.6 is 0 Å². The van der Waals surface area contributed by atoms with Crippen molar-refractivity contribution < 1.29 is 19.8 Å². The van der Waals surface area contributed by atoms with Gasteiger partial charge in [-0.2, -0.15) is 0 Å². The fraction of sp³-hybridized carbons (Fsp3) is 0.200. The first-order valence-corrected chi connectivity index (χ1v) is 4.13. The standard InChI is InChI=1S/C10H10O4/c1-2-8-9(13)6(4-11)3-7(5-12)10(8)14/h3-5,13-14H,2H2,1H3. The number of hydrogen-bond donors (Lipinski definition) is 2.